The summed E-state index contributed by atoms with van der Waals surface area (Å²) in [6, 6.07) is 18.2. The maximum absolute atomic E-state index is 12.6. The van der Waals surface area contributed by atoms with Crippen molar-refractivity contribution in [2.75, 3.05) is 16.3 Å². The molecular weight excluding hydrogens is 356 g/mol. The van der Waals surface area contributed by atoms with E-state index in [1.54, 1.807) is 24.3 Å². The minimum Gasteiger partial charge on any atom is -0.321 e. The van der Waals surface area contributed by atoms with E-state index < -0.39 is 10.0 Å². The second-order valence-electron chi connectivity index (χ2n) is 5.44. The van der Waals surface area contributed by atoms with E-state index in [1.807, 2.05) is 41.8 Å². The van der Waals surface area contributed by atoms with E-state index in [2.05, 4.69) is 10.0 Å². The molecule has 0 atom stereocenters. The third-order valence-electron chi connectivity index (χ3n) is 3.40. The molecule has 0 aliphatic rings. The standard InChI is InChI=1S/C18H16N2O3S2/c1-25(22,23)20-15-9-7-14(8-10-15)19-18(21)17-16(11-12-24-17)13-5-3-2-4-6-13/h2-12,20H,1H3,(H,19,21). The Hall–Kier alpha value is -2.64. The average Bonchev–Trinajstić information content (AvgIpc) is 3.06. The van der Waals surface area contributed by atoms with Gasteiger partial charge in [0, 0.05) is 16.9 Å². The fourth-order valence-corrected chi connectivity index (χ4v) is 3.73. The van der Waals surface area contributed by atoms with E-state index in [9.17, 15) is 13.2 Å². The molecule has 2 aromatic carbocycles. The summed E-state index contributed by atoms with van der Waals surface area (Å²) < 4.78 is 24.8. The van der Waals surface area contributed by atoms with Gasteiger partial charge in [-0.2, -0.15) is 0 Å². The minimum absolute atomic E-state index is 0.197. The maximum atomic E-state index is 12.6. The highest BCUT2D eigenvalue weighted by atomic mass is 32.2. The summed E-state index contributed by atoms with van der Waals surface area (Å²) in [6.45, 7) is 0. The van der Waals surface area contributed by atoms with Crippen molar-refractivity contribution in [3.8, 4) is 11.1 Å². The summed E-state index contributed by atoms with van der Waals surface area (Å²) in [5.74, 6) is -0.197. The first-order chi connectivity index (χ1) is 11.9. The first-order valence-electron chi connectivity index (χ1n) is 7.44. The van der Waals surface area contributed by atoms with Crippen LogP contribution in [0.2, 0.25) is 0 Å². The number of hydrogen-bond donors (Lipinski definition) is 2. The van der Waals surface area contributed by atoms with Gasteiger partial charge >= 0.3 is 0 Å². The minimum atomic E-state index is -3.32. The molecule has 3 rings (SSSR count). The lowest BCUT2D eigenvalue weighted by atomic mass is 10.1. The predicted molar refractivity (Wildman–Crippen MR) is 103 cm³/mol. The van der Waals surface area contributed by atoms with Crippen LogP contribution in [0.5, 0.6) is 0 Å². The van der Waals surface area contributed by atoms with E-state index in [1.165, 1.54) is 11.3 Å². The van der Waals surface area contributed by atoms with Gasteiger partial charge in [0.25, 0.3) is 5.91 Å². The molecule has 1 heterocycles. The Labute approximate surface area is 150 Å². The molecule has 25 heavy (non-hydrogen) atoms. The van der Waals surface area contributed by atoms with Gasteiger partial charge in [-0.15, -0.1) is 11.3 Å². The molecule has 0 radical (unpaired) electrons. The molecule has 5 nitrogen and oxygen atoms in total. The fourth-order valence-electron chi connectivity index (χ4n) is 2.35. The number of hydrogen-bond acceptors (Lipinski definition) is 4. The molecule has 0 saturated heterocycles. The lowest BCUT2D eigenvalue weighted by Gasteiger charge is -2.08. The molecule has 3 aromatic rings. The van der Waals surface area contributed by atoms with Gasteiger partial charge in [0.05, 0.1) is 11.1 Å². The zero-order valence-electron chi connectivity index (χ0n) is 13.4. The Balaban J connectivity index is 1.76. The molecule has 0 saturated carbocycles. The highest BCUT2D eigenvalue weighted by molar-refractivity contribution is 7.92. The van der Waals surface area contributed by atoms with E-state index in [0.717, 1.165) is 17.4 Å². The zero-order valence-corrected chi connectivity index (χ0v) is 15.0. The summed E-state index contributed by atoms with van der Waals surface area (Å²) in [6.07, 6.45) is 1.09. The van der Waals surface area contributed by atoms with Gasteiger partial charge in [-0.25, -0.2) is 8.42 Å². The number of amides is 1. The van der Waals surface area contributed by atoms with Gasteiger partial charge in [0.2, 0.25) is 10.0 Å². The summed E-state index contributed by atoms with van der Waals surface area (Å²) >= 11 is 1.38. The number of benzene rings is 2. The van der Waals surface area contributed by atoms with Crippen molar-refractivity contribution < 1.29 is 13.2 Å². The number of sulfonamides is 1. The van der Waals surface area contributed by atoms with Crippen LogP contribution in [0.1, 0.15) is 9.67 Å². The summed E-state index contributed by atoms with van der Waals surface area (Å²) in [5.41, 5.74) is 2.91. The molecule has 128 valence electrons. The third-order valence-corrected chi connectivity index (χ3v) is 4.92. The van der Waals surface area contributed by atoms with Crippen LogP contribution in [0.15, 0.2) is 66.0 Å². The van der Waals surface area contributed by atoms with Crippen LogP contribution < -0.4 is 10.0 Å². The average molecular weight is 372 g/mol. The molecule has 0 bridgehead atoms. The van der Waals surface area contributed by atoms with E-state index in [0.29, 0.717) is 16.3 Å². The van der Waals surface area contributed by atoms with E-state index >= 15 is 0 Å². The normalized spacial score (nSPS) is 11.1. The number of nitrogens with one attached hydrogen (secondary N) is 2. The van der Waals surface area contributed by atoms with Gasteiger partial charge in [0.15, 0.2) is 0 Å². The van der Waals surface area contributed by atoms with Crippen LogP contribution in [0.4, 0.5) is 11.4 Å². The van der Waals surface area contributed by atoms with Gasteiger partial charge in [-0.1, -0.05) is 30.3 Å². The Kier molecular flexibility index (Phi) is 4.87. The maximum Gasteiger partial charge on any atom is 0.266 e. The molecule has 2 N–H and O–H groups in total. The topological polar surface area (TPSA) is 75.3 Å². The molecular formula is C18H16N2O3S2. The highest BCUT2D eigenvalue weighted by Gasteiger charge is 2.14. The van der Waals surface area contributed by atoms with Crippen LogP contribution in [0.3, 0.4) is 0 Å². The molecule has 0 aliphatic heterocycles. The number of carbonyl (C=O) groups is 1. The van der Waals surface area contributed by atoms with Crippen molar-refractivity contribution in [2.24, 2.45) is 0 Å². The van der Waals surface area contributed by atoms with Crippen LogP contribution in [-0.4, -0.2) is 20.6 Å². The van der Waals surface area contributed by atoms with Crippen molar-refractivity contribution in [1.29, 1.82) is 0 Å². The molecule has 0 aliphatic carbocycles. The zero-order chi connectivity index (χ0) is 17.9. The van der Waals surface area contributed by atoms with Crippen LogP contribution in [0, 0.1) is 0 Å². The molecule has 1 amide bonds. The van der Waals surface area contributed by atoms with Gasteiger partial charge < -0.3 is 5.32 Å². The quantitative estimate of drug-likeness (QED) is 0.710. The van der Waals surface area contributed by atoms with Crippen molar-refractivity contribution in [1.82, 2.24) is 0 Å². The number of anilines is 2. The summed E-state index contributed by atoms with van der Waals surface area (Å²) in [4.78, 5) is 13.2. The van der Waals surface area contributed by atoms with Gasteiger partial charge in [-0.3, -0.25) is 9.52 Å². The Morgan fingerprint density at radius 3 is 2.20 bits per heavy atom. The van der Waals surface area contributed by atoms with Crippen molar-refractivity contribution in [2.45, 2.75) is 0 Å². The van der Waals surface area contributed by atoms with E-state index in [-0.39, 0.29) is 5.91 Å². The van der Waals surface area contributed by atoms with Crippen molar-refractivity contribution >= 4 is 38.6 Å². The first kappa shape index (κ1) is 17.2. The first-order valence-corrected chi connectivity index (χ1v) is 10.2. The summed E-state index contributed by atoms with van der Waals surface area (Å²) in [7, 11) is -3.32. The number of rotatable bonds is 5. The van der Waals surface area contributed by atoms with Crippen molar-refractivity contribution in [3.63, 3.8) is 0 Å². The Morgan fingerprint density at radius 2 is 1.56 bits per heavy atom. The third kappa shape index (κ3) is 4.46. The van der Waals surface area contributed by atoms with Gasteiger partial charge in [-0.05, 0) is 41.3 Å². The Morgan fingerprint density at radius 1 is 0.920 bits per heavy atom. The number of thiophene rings is 1. The molecule has 0 fully saturated rings. The van der Waals surface area contributed by atoms with Crippen LogP contribution >= 0.6 is 11.3 Å². The lowest BCUT2D eigenvalue weighted by molar-refractivity contribution is 0.103. The largest absolute Gasteiger partial charge is 0.321 e. The fraction of sp³-hybridized carbons (Fsp3) is 0.0556. The van der Waals surface area contributed by atoms with E-state index in [4.69, 9.17) is 0 Å². The lowest BCUT2D eigenvalue weighted by Crippen LogP contribution is -2.12. The molecule has 7 heteroatoms. The van der Waals surface area contributed by atoms with Crippen LogP contribution in [0.25, 0.3) is 11.1 Å². The van der Waals surface area contributed by atoms with Gasteiger partial charge in [0.1, 0.15) is 0 Å². The second kappa shape index (κ2) is 7.08. The van der Waals surface area contributed by atoms with Crippen LogP contribution in [-0.2, 0) is 10.0 Å². The second-order valence-corrected chi connectivity index (χ2v) is 8.10. The SMILES string of the molecule is CS(=O)(=O)Nc1ccc(NC(=O)c2sccc2-c2ccccc2)cc1. The monoisotopic (exact) mass is 372 g/mol. The van der Waals surface area contributed by atoms with Crippen molar-refractivity contribution in [3.05, 3.63) is 70.9 Å². The Bertz CT molecular complexity index is 979. The predicted octanol–water partition coefficient (Wildman–Crippen LogP) is 4.04. The molecule has 0 spiro atoms. The molecule has 0 unspecified atom stereocenters. The molecule has 1 aromatic heterocycles. The highest BCUT2D eigenvalue weighted by Crippen LogP contribution is 2.29. The smallest absolute Gasteiger partial charge is 0.266 e. The number of carbonyl (C=O) groups excluding carboxylic acids is 1. The summed E-state index contributed by atoms with van der Waals surface area (Å²) in [5, 5.41) is 4.72.